The first kappa shape index (κ1) is 10.8. The summed E-state index contributed by atoms with van der Waals surface area (Å²) in [6.07, 6.45) is 1.73. The van der Waals surface area contributed by atoms with Gasteiger partial charge >= 0.3 is 0 Å². The van der Waals surface area contributed by atoms with Crippen LogP contribution in [-0.4, -0.2) is 6.04 Å². The van der Waals surface area contributed by atoms with Crippen LogP contribution in [-0.2, 0) is 6.42 Å². The molecule has 0 spiro atoms. The SMILES string of the molecule is CC[C@@H](N)Cc1cc(Cl)ccc1Cl. The predicted octanol–water partition coefficient (Wildman–Crippen LogP) is 3.27. The van der Waals surface area contributed by atoms with Crippen LogP contribution in [0, 0.1) is 0 Å². The summed E-state index contributed by atoms with van der Waals surface area (Å²) in [6, 6.07) is 5.63. The first-order chi connectivity index (χ1) is 6.13. The molecule has 72 valence electrons. The molecule has 3 heteroatoms. The lowest BCUT2D eigenvalue weighted by molar-refractivity contribution is 0.646. The van der Waals surface area contributed by atoms with Gasteiger partial charge in [0.1, 0.15) is 0 Å². The van der Waals surface area contributed by atoms with E-state index in [0.29, 0.717) is 5.02 Å². The summed E-state index contributed by atoms with van der Waals surface area (Å²) in [5, 5.41) is 1.45. The molecule has 13 heavy (non-hydrogen) atoms. The number of nitrogens with two attached hydrogens (primary N) is 1. The highest BCUT2D eigenvalue weighted by Crippen LogP contribution is 2.21. The standard InChI is InChI=1S/C10H13Cl2N/c1-2-9(13)6-7-5-8(11)3-4-10(7)12/h3-5,9H,2,6,13H2,1H3/t9-/m1/s1. The first-order valence-electron chi connectivity index (χ1n) is 4.33. The smallest absolute Gasteiger partial charge is 0.0439 e. The number of halogens is 2. The summed E-state index contributed by atoms with van der Waals surface area (Å²) in [7, 11) is 0. The Morgan fingerprint density at radius 1 is 1.38 bits per heavy atom. The topological polar surface area (TPSA) is 26.0 Å². The van der Waals surface area contributed by atoms with Gasteiger partial charge < -0.3 is 5.73 Å². The van der Waals surface area contributed by atoms with Crippen molar-refractivity contribution in [3.05, 3.63) is 33.8 Å². The highest BCUT2D eigenvalue weighted by Gasteiger charge is 2.05. The molecule has 0 saturated carbocycles. The van der Waals surface area contributed by atoms with E-state index in [9.17, 15) is 0 Å². The molecule has 1 aromatic carbocycles. The molecule has 1 nitrogen and oxygen atoms in total. The minimum absolute atomic E-state index is 0.163. The molecular formula is C10H13Cl2N. The molecule has 0 aliphatic rings. The van der Waals surface area contributed by atoms with Gasteiger partial charge in [0.15, 0.2) is 0 Å². The van der Waals surface area contributed by atoms with Crippen molar-refractivity contribution >= 4 is 23.2 Å². The Labute approximate surface area is 88.8 Å². The zero-order valence-corrected chi connectivity index (χ0v) is 9.07. The van der Waals surface area contributed by atoms with E-state index >= 15 is 0 Å². The van der Waals surface area contributed by atoms with E-state index in [1.807, 2.05) is 12.1 Å². The van der Waals surface area contributed by atoms with Crippen molar-refractivity contribution in [1.82, 2.24) is 0 Å². The van der Waals surface area contributed by atoms with Gasteiger partial charge in [-0.1, -0.05) is 30.1 Å². The Morgan fingerprint density at radius 2 is 2.08 bits per heavy atom. The molecule has 0 aliphatic heterocycles. The summed E-state index contributed by atoms with van der Waals surface area (Å²) >= 11 is 11.8. The molecule has 0 bridgehead atoms. The van der Waals surface area contributed by atoms with Gasteiger partial charge in [0, 0.05) is 16.1 Å². The van der Waals surface area contributed by atoms with Gasteiger partial charge in [-0.25, -0.2) is 0 Å². The van der Waals surface area contributed by atoms with Crippen molar-refractivity contribution in [1.29, 1.82) is 0 Å². The Kier molecular flexibility index (Phi) is 4.04. The van der Waals surface area contributed by atoms with Gasteiger partial charge in [-0.3, -0.25) is 0 Å². The maximum Gasteiger partial charge on any atom is 0.0439 e. The second-order valence-corrected chi connectivity index (χ2v) is 3.95. The predicted molar refractivity (Wildman–Crippen MR) is 58.4 cm³/mol. The normalized spacial score (nSPS) is 12.9. The Hall–Kier alpha value is -0.240. The van der Waals surface area contributed by atoms with Gasteiger partial charge in [-0.05, 0) is 36.6 Å². The molecule has 1 aromatic rings. The second-order valence-electron chi connectivity index (χ2n) is 3.11. The average Bonchev–Trinajstić information content (AvgIpc) is 2.11. The first-order valence-corrected chi connectivity index (χ1v) is 5.08. The van der Waals surface area contributed by atoms with E-state index in [1.165, 1.54) is 0 Å². The third-order valence-electron chi connectivity index (χ3n) is 2.01. The molecule has 2 N–H and O–H groups in total. The quantitative estimate of drug-likeness (QED) is 0.827. The number of benzene rings is 1. The average molecular weight is 218 g/mol. The van der Waals surface area contributed by atoms with E-state index in [-0.39, 0.29) is 6.04 Å². The summed E-state index contributed by atoms with van der Waals surface area (Å²) in [4.78, 5) is 0. The van der Waals surface area contributed by atoms with Crippen molar-refractivity contribution < 1.29 is 0 Å². The maximum atomic E-state index is 5.98. The van der Waals surface area contributed by atoms with Crippen molar-refractivity contribution in [3.63, 3.8) is 0 Å². The molecule has 0 aliphatic carbocycles. The largest absolute Gasteiger partial charge is 0.327 e. The Bertz CT molecular complexity index is 286. The summed E-state index contributed by atoms with van der Waals surface area (Å²) in [5.74, 6) is 0. The lowest BCUT2D eigenvalue weighted by Crippen LogP contribution is -2.21. The van der Waals surface area contributed by atoms with Crippen LogP contribution in [0.3, 0.4) is 0 Å². The van der Waals surface area contributed by atoms with Crippen LogP contribution in [0.1, 0.15) is 18.9 Å². The van der Waals surface area contributed by atoms with Crippen molar-refractivity contribution in [2.45, 2.75) is 25.8 Å². The number of rotatable bonds is 3. The number of hydrogen-bond acceptors (Lipinski definition) is 1. The fourth-order valence-electron chi connectivity index (χ4n) is 1.13. The van der Waals surface area contributed by atoms with E-state index in [0.717, 1.165) is 23.4 Å². The van der Waals surface area contributed by atoms with Crippen LogP contribution in [0.5, 0.6) is 0 Å². The maximum absolute atomic E-state index is 5.98. The molecular weight excluding hydrogens is 205 g/mol. The molecule has 0 amide bonds. The van der Waals surface area contributed by atoms with E-state index in [2.05, 4.69) is 6.92 Å². The van der Waals surface area contributed by atoms with E-state index < -0.39 is 0 Å². The van der Waals surface area contributed by atoms with Gasteiger partial charge in [-0.2, -0.15) is 0 Å². The molecule has 1 rings (SSSR count). The highest BCUT2D eigenvalue weighted by atomic mass is 35.5. The van der Waals surface area contributed by atoms with Crippen LogP contribution in [0.15, 0.2) is 18.2 Å². The zero-order chi connectivity index (χ0) is 9.84. The third kappa shape index (κ3) is 3.18. The second kappa shape index (κ2) is 4.85. The van der Waals surface area contributed by atoms with Gasteiger partial charge in [0.25, 0.3) is 0 Å². The molecule has 0 fully saturated rings. The Morgan fingerprint density at radius 3 is 2.69 bits per heavy atom. The van der Waals surface area contributed by atoms with E-state index in [4.69, 9.17) is 28.9 Å². The molecule has 0 radical (unpaired) electrons. The Balaban J connectivity index is 2.81. The fourth-order valence-corrected chi connectivity index (χ4v) is 1.52. The lowest BCUT2D eigenvalue weighted by Gasteiger charge is -2.10. The highest BCUT2D eigenvalue weighted by molar-refractivity contribution is 6.33. The van der Waals surface area contributed by atoms with Crippen LogP contribution in [0.2, 0.25) is 10.0 Å². The molecule has 1 atom stereocenters. The minimum Gasteiger partial charge on any atom is -0.327 e. The summed E-state index contributed by atoms with van der Waals surface area (Å²) in [6.45, 7) is 2.06. The third-order valence-corrected chi connectivity index (χ3v) is 2.62. The minimum atomic E-state index is 0.163. The van der Waals surface area contributed by atoms with Crippen LogP contribution >= 0.6 is 23.2 Å². The van der Waals surface area contributed by atoms with Crippen LogP contribution < -0.4 is 5.73 Å². The zero-order valence-electron chi connectivity index (χ0n) is 7.56. The fraction of sp³-hybridized carbons (Fsp3) is 0.400. The van der Waals surface area contributed by atoms with Gasteiger partial charge in [-0.15, -0.1) is 0 Å². The molecule has 0 aromatic heterocycles. The van der Waals surface area contributed by atoms with Crippen molar-refractivity contribution in [2.24, 2.45) is 5.73 Å². The number of hydrogen-bond donors (Lipinski definition) is 1. The summed E-state index contributed by atoms with van der Waals surface area (Å²) in [5.41, 5.74) is 6.85. The molecule has 0 heterocycles. The summed E-state index contributed by atoms with van der Waals surface area (Å²) < 4.78 is 0. The van der Waals surface area contributed by atoms with Gasteiger partial charge in [0.2, 0.25) is 0 Å². The van der Waals surface area contributed by atoms with Crippen LogP contribution in [0.25, 0.3) is 0 Å². The van der Waals surface area contributed by atoms with Crippen molar-refractivity contribution in [3.8, 4) is 0 Å². The monoisotopic (exact) mass is 217 g/mol. The molecule has 0 saturated heterocycles. The lowest BCUT2D eigenvalue weighted by atomic mass is 10.1. The molecule has 0 unspecified atom stereocenters. The van der Waals surface area contributed by atoms with Crippen LogP contribution in [0.4, 0.5) is 0 Å². The van der Waals surface area contributed by atoms with Crippen molar-refractivity contribution in [2.75, 3.05) is 0 Å². The van der Waals surface area contributed by atoms with Gasteiger partial charge in [0.05, 0.1) is 0 Å². The van der Waals surface area contributed by atoms with E-state index in [1.54, 1.807) is 6.07 Å².